The summed E-state index contributed by atoms with van der Waals surface area (Å²) in [5.41, 5.74) is 7.54. The third kappa shape index (κ3) is 1.47. The quantitative estimate of drug-likeness (QED) is 0.478. The molecule has 5 nitrogen and oxygen atoms in total. The lowest BCUT2D eigenvalue weighted by Crippen LogP contribution is -2.11. The second kappa shape index (κ2) is 3.29. The Kier molecular flexibility index (Phi) is 1.98. The van der Waals surface area contributed by atoms with Crippen LogP contribution in [0.3, 0.4) is 0 Å². The third-order valence-corrected chi connectivity index (χ3v) is 1.84. The molecule has 0 fully saturated rings. The highest BCUT2D eigenvalue weighted by Crippen LogP contribution is 2.15. The Morgan fingerprint density at radius 2 is 2.07 bits per heavy atom. The minimum absolute atomic E-state index is 0.0159. The number of pyridine rings is 1. The van der Waals surface area contributed by atoms with Gasteiger partial charge in [-0.15, -0.1) is 0 Å². The monoisotopic (exact) mass is 187 g/mol. The number of rotatable bonds is 2. The lowest BCUT2D eigenvalue weighted by molar-refractivity contribution is 1.08. The molecule has 14 heavy (non-hydrogen) atoms. The summed E-state index contributed by atoms with van der Waals surface area (Å²) in [7, 11) is 0. The number of nitrogens with two attached hydrogens (primary N) is 1. The lowest BCUT2D eigenvalue weighted by Gasteiger charge is -1.92. The number of aromatic nitrogens is 3. The first-order chi connectivity index (χ1) is 6.77. The maximum Gasteiger partial charge on any atom is 0.141 e. The van der Waals surface area contributed by atoms with Crippen molar-refractivity contribution < 1.29 is 0 Å². The molecule has 0 amide bonds. The summed E-state index contributed by atoms with van der Waals surface area (Å²) < 4.78 is 0. The predicted octanol–water partition coefficient (Wildman–Crippen LogP) is 0.756. The molecule has 0 atom stereocenters. The molecule has 2 aromatic rings. The Morgan fingerprint density at radius 3 is 2.64 bits per heavy atom. The maximum absolute atomic E-state index is 7.21. The summed E-state index contributed by atoms with van der Waals surface area (Å²) in [5, 5.41) is 13.9. The Labute approximate surface area is 80.5 Å². The standard InChI is InChI=1S/C9H9N5/c10-9(11)8-5-7(13-14-8)6-1-3-12-4-2-6/h1-5H,(H3,10,11)(H,13,14). The number of nitrogens with zero attached hydrogens (tertiary/aromatic N) is 2. The molecular weight excluding hydrogens is 178 g/mol. The zero-order chi connectivity index (χ0) is 9.97. The van der Waals surface area contributed by atoms with Crippen molar-refractivity contribution in [3.63, 3.8) is 0 Å². The molecule has 0 saturated carbocycles. The van der Waals surface area contributed by atoms with Crippen LogP contribution < -0.4 is 5.73 Å². The van der Waals surface area contributed by atoms with Gasteiger partial charge < -0.3 is 5.73 Å². The number of nitrogens with one attached hydrogen (secondary N) is 2. The molecule has 2 rings (SSSR count). The number of H-pyrrole nitrogens is 1. The second-order valence-corrected chi connectivity index (χ2v) is 2.82. The number of hydrogen-bond donors (Lipinski definition) is 3. The van der Waals surface area contributed by atoms with E-state index in [1.807, 2.05) is 12.1 Å². The van der Waals surface area contributed by atoms with Crippen LogP contribution in [0.5, 0.6) is 0 Å². The van der Waals surface area contributed by atoms with E-state index >= 15 is 0 Å². The van der Waals surface area contributed by atoms with Crippen LogP contribution in [0, 0.1) is 5.41 Å². The smallest absolute Gasteiger partial charge is 0.141 e. The van der Waals surface area contributed by atoms with Gasteiger partial charge >= 0.3 is 0 Å². The van der Waals surface area contributed by atoms with Crippen LogP contribution >= 0.6 is 0 Å². The first-order valence-electron chi connectivity index (χ1n) is 4.07. The summed E-state index contributed by atoms with van der Waals surface area (Å²) in [6.07, 6.45) is 3.38. The molecule has 2 heterocycles. The van der Waals surface area contributed by atoms with Gasteiger partial charge in [-0.05, 0) is 18.2 Å². The summed E-state index contributed by atoms with van der Waals surface area (Å²) in [5.74, 6) is -0.0159. The number of amidine groups is 1. The van der Waals surface area contributed by atoms with E-state index in [9.17, 15) is 0 Å². The Balaban J connectivity index is 2.39. The van der Waals surface area contributed by atoms with E-state index in [1.165, 1.54) is 0 Å². The van der Waals surface area contributed by atoms with E-state index in [0.29, 0.717) is 5.69 Å². The molecule has 0 spiro atoms. The van der Waals surface area contributed by atoms with Crippen molar-refractivity contribution in [2.45, 2.75) is 0 Å². The molecule has 0 aliphatic heterocycles. The zero-order valence-corrected chi connectivity index (χ0v) is 7.36. The van der Waals surface area contributed by atoms with Crippen molar-refractivity contribution in [3.8, 4) is 11.3 Å². The van der Waals surface area contributed by atoms with Gasteiger partial charge in [0.05, 0.1) is 11.4 Å². The molecule has 2 aromatic heterocycles. The van der Waals surface area contributed by atoms with Crippen LogP contribution in [0.15, 0.2) is 30.6 Å². The molecule has 4 N–H and O–H groups in total. The average Bonchev–Trinajstić information content (AvgIpc) is 2.68. The summed E-state index contributed by atoms with van der Waals surface area (Å²) in [4.78, 5) is 3.91. The molecule has 0 aromatic carbocycles. The van der Waals surface area contributed by atoms with Gasteiger partial charge in [0.1, 0.15) is 5.84 Å². The van der Waals surface area contributed by atoms with Gasteiger partial charge in [0.15, 0.2) is 0 Å². The fraction of sp³-hybridized carbons (Fsp3) is 0. The van der Waals surface area contributed by atoms with Crippen molar-refractivity contribution in [2.75, 3.05) is 0 Å². The fourth-order valence-corrected chi connectivity index (χ4v) is 1.13. The van der Waals surface area contributed by atoms with E-state index in [1.54, 1.807) is 18.5 Å². The van der Waals surface area contributed by atoms with Crippen LogP contribution in [-0.2, 0) is 0 Å². The molecule has 70 valence electrons. The van der Waals surface area contributed by atoms with Gasteiger partial charge in [-0.25, -0.2) is 0 Å². The van der Waals surface area contributed by atoms with Crippen molar-refractivity contribution in [2.24, 2.45) is 5.73 Å². The normalized spacial score (nSPS) is 10.0. The maximum atomic E-state index is 7.21. The van der Waals surface area contributed by atoms with Gasteiger partial charge in [0, 0.05) is 18.0 Å². The first kappa shape index (κ1) is 8.43. The van der Waals surface area contributed by atoms with E-state index < -0.39 is 0 Å². The highest BCUT2D eigenvalue weighted by molar-refractivity contribution is 5.93. The molecular formula is C9H9N5. The molecule has 0 bridgehead atoms. The van der Waals surface area contributed by atoms with Crippen LogP contribution in [0.25, 0.3) is 11.3 Å². The Morgan fingerprint density at radius 1 is 1.36 bits per heavy atom. The Hall–Kier alpha value is -2.17. The van der Waals surface area contributed by atoms with Gasteiger partial charge in [-0.3, -0.25) is 15.5 Å². The molecule has 0 unspecified atom stereocenters. The topological polar surface area (TPSA) is 91.4 Å². The first-order valence-corrected chi connectivity index (χ1v) is 4.07. The Bertz CT molecular complexity index is 445. The van der Waals surface area contributed by atoms with E-state index in [4.69, 9.17) is 11.1 Å². The SMILES string of the molecule is N=C(N)c1cc(-c2ccncc2)n[nH]1. The van der Waals surface area contributed by atoms with Gasteiger partial charge in [-0.1, -0.05) is 0 Å². The summed E-state index contributed by atoms with van der Waals surface area (Å²) >= 11 is 0. The predicted molar refractivity (Wildman–Crippen MR) is 52.8 cm³/mol. The second-order valence-electron chi connectivity index (χ2n) is 2.82. The lowest BCUT2D eigenvalue weighted by atomic mass is 10.2. The van der Waals surface area contributed by atoms with Crippen molar-refractivity contribution in [1.29, 1.82) is 5.41 Å². The molecule has 0 radical (unpaired) electrons. The molecule has 0 saturated heterocycles. The van der Waals surface area contributed by atoms with Crippen molar-refractivity contribution >= 4 is 5.84 Å². The number of nitrogen functional groups attached to an aromatic ring is 1. The molecule has 0 aliphatic rings. The summed E-state index contributed by atoms with van der Waals surface area (Å²) in [6, 6.07) is 5.43. The third-order valence-electron chi connectivity index (χ3n) is 1.84. The van der Waals surface area contributed by atoms with E-state index in [-0.39, 0.29) is 5.84 Å². The van der Waals surface area contributed by atoms with Crippen molar-refractivity contribution in [1.82, 2.24) is 15.2 Å². The number of aromatic amines is 1. The van der Waals surface area contributed by atoms with Gasteiger partial charge in [-0.2, -0.15) is 5.10 Å². The fourth-order valence-electron chi connectivity index (χ4n) is 1.13. The highest BCUT2D eigenvalue weighted by Gasteiger charge is 2.04. The van der Waals surface area contributed by atoms with Gasteiger partial charge in [0.25, 0.3) is 0 Å². The van der Waals surface area contributed by atoms with Crippen LogP contribution in [0.2, 0.25) is 0 Å². The largest absolute Gasteiger partial charge is 0.382 e. The summed E-state index contributed by atoms with van der Waals surface area (Å²) in [6.45, 7) is 0. The van der Waals surface area contributed by atoms with Crippen molar-refractivity contribution in [3.05, 3.63) is 36.3 Å². The number of hydrogen-bond acceptors (Lipinski definition) is 3. The van der Waals surface area contributed by atoms with E-state index in [2.05, 4.69) is 15.2 Å². The molecule has 0 aliphatic carbocycles. The average molecular weight is 187 g/mol. The zero-order valence-electron chi connectivity index (χ0n) is 7.36. The van der Waals surface area contributed by atoms with Crippen LogP contribution in [0.4, 0.5) is 0 Å². The minimum atomic E-state index is -0.0159. The minimum Gasteiger partial charge on any atom is -0.382 e. The molecule has 5 heteroatoms. The van der Waals surface area contributed by atoms with E-state index in [0.717, 1.165) is 11.3 Å². The van der Waals surface area contributed by atoms with Crippen LogP contribution in [-0.4, -0.2) is 21.0 Å². The van der Waals surface area contributed by atoms with Crippen LogP contribution in [0.1, 0.15) is 5.69 Å². The van der Waals surface area contributed by atoms with Gasteiger partial charge in [0.2, 0.25) is 0 Å². The highest BCUT2D eigenvalue weighted by atomic mass is 15.1.